The molecular formula is C14H20ClNO2S. The van der Waals surface area contributed by atoms with E-state index in [1.807, 2.05) is 11.8 Å². The van der Waals surface area contributed by atoms with Crippen molar-refractivity contribution < 1.29 is 9.84 Å². The number of nitrogens with one attached hydrogen (secondary N) is 1. The molecule has 0 radical (unpaired) electrons. The Balaban J connectivity index is 1.97. The molecule has 0 amide bonds. The van der Waals surface area contributed by atoms with E-state index in [0.717, 1.165) is 12.1 Å². The molecule has 1 aromatic carbocycles. The van der Waals surface area contributed by atoms with Gasteiger partial charge < -0.3 is 15.2 Å². The van der Waals surface area contributed by atoms with Crippen molar-refractivity contribution in [1.29, 1.82) is 0 Å². The Labute approximate surface area is 123 Å². The molecule has 0 bridgehead atoms. The van der Waals surface area contributed by atoms with Gasteiger partial charge >= 0.3 is 0 Å². The van der Waals surface area contributed by atoms with Gasteiger partial charge in [0, 0.05) is 34.5 Å². The highest BCUT2D eigenvalue weighted by Gasteiger charge is 2.28. The third-order valence-corrected chi connectivity index (χ3v) is 5.21. The van der Waals surface area contributed by atoms with Gasteiger partial charge in [-0.2, -0.15) is 11.8 Å². The molecule has 1 aliphatic heterocycles. The number of aromatic hydroxyl groups is 1. The Morgan fingerprint density at radius 1 is 1.53 bits per heavy atom. The number of phenols is 1. The first kappa shape index (κ1) is 14.8. The molecule has 0 aromatic heterocycles. The molecule has 106 valence electrons. The summed E-state index contributed by atoms with van der Waals surface area (Å²) in [5.74, 6) is 1.84. The summed E-state index contributed by atoms with van der Waals surface area (Å²) in [6.07, 6.45) is 2.54. The van der Waals surface area contributed by atoms with E-state index < -0.39 is 0 Å². The van der Waals surface area contributed by atoms with E-state index in [-0.39, 0.29) is 5.75 Å². The zero-order valence-corrected chi connectivity index (χ0v) is 12.9. The van der Waals surface area contributed by atoms with Crippen LogP contribution >= 0.6 is 23.4 Å². The van der Waals surface area contributed by atoms with Crippen LogP contribution in [0.25, 0.3) is 0 Å². The van der Waals surface area contributed by atoms with Crippen LogP contribution in [0.2, 0.25) is 5.02 Å². The second-order valence-electron chi connectivity index (χ2n) is 5.12. The van der Waals surface area contributed by atoms with Gasteiger partial charge in [0.25, 0.3) is 0 Å². The van der Waals surface area contributed by atoms with Crippen LogP contribution in [0.4, 0.5) is 0 Å². The third kappa shape index (κ3) is 3.71. The van der Waals surface area contributed by atoms with E-state index >= 15 is 0 Å². The number of benzene rings is 1. The van der Waals surface area contributed by atoms with Crippen LogP contribution < -0.4 is 10.1 Å². The van der Waals surface area contributed by atoms with Crippen molar-refractivity contribution in [2.24, 2.45) is 0 Å². The van der Waals surface area contributed by atoms with Crippen molar-refractivity contribution in [1.82, 2.24) is 5.32 Å². The molecule has 0 saturated carbocycles. The highest BCUT2D eigenvalue weighted by molar-refractivity contribution is 8.00. The van der Waals surface area contributed by atoms with Crippen molar-refractivity contribution in [2.75, 3.05) is 19.4 Å². The molecule has 0 spiro atoms. The maximum Gasteiger partial charge on any atom is 0.162 e. The molecule has 1 saturated heterocycles. The standard InChI is InChI=1S/C14H20ClNO2S/c1-14(4-3-5-19-14)9-16-8-10-6-11(15)7-12(18-2)13(10)17/h6-7,16-17H,3-5,8-9H2,1-2H3. The van der Waals surface area contributed by atoms with E-state index in [0.29, 0.717) is 22.1 Å². The van der Waals surface area contributed by atoms with E-state index in [1.54, 1.807) is 12.1 Å². The van der Waals surface area contributed by atoms with Gasteiger partial charge in [0.1, 0.15) is 0 Å². The van der Waals surface area contributed by atoms with Crippen molar-refractivity contribution in [3.63, 3.8) is 0 Å². The minimum absolute atomic E-state index is 0.170. The molecule has 1 heterocycles. The van der Waals surface area contributed by atoms with Gasteiger partial charge in [0.15, 0.2) is 11.5 Å². The number of hydrogen-bond donors (Lipinski definition) is 2. The van der Waals surface area contributed by atoms with Crippen LogP contribution in [0.5, 0.6) is 11.5 Å². The predicted molar refractivity (Wildman–Crippen MR) is 81.5 cm³/mol. The molecular weight excluding hydrogens is 282 g/mol. The van der Waals surface area contributed by atoms with E-state index in [1.165, 1.54) is 25.7 Å². The average molecular weight is 302 g/mol. The van der Waals surface area contributed by atoms with E-state index in [4.69, 9.17) is 16.3 Å². The minimum Gasteiger partial charge on any atom is -0.504 e. The number of methoxy groups -OCH3 is 1. The lowest BCUT2D eigenvalue weighted by atomic mass is 10.1. The number of thioether (sulfide) groups is 1. The molecule has 1 aromatic rings. The maximum atomic E-state index is 10.0. The summed E-state index contributed by atoms with van der Waals surface area (Å²) < 4.78 is 5.42. The van der Waals surface area contributed by atoms with Crippen LogP contribution in [0.3, 0.4) is 0 Å². The van der Waals surface area contributed by atoms with Crippen molar-refractivity contribution in [2.45, 2.75) is 31.1 Å². The molecule has 19 heavy (non-hydrogen) atoms. The van der Waals surface area contributed by atoms with Gasteiger partial charge in [-0.15, -0.1) is 0 Å². The number of rotatable bonds is 5. The Kier molecular flexibility index (Phi) is 4.87. The Hall–Kier alpha value is -0.580. The summed E-state index contributed by atoms with van der Waals surface area (Å²) in [4.78, 5) is 0. The summed E-state index contributed by atoms with van der Waals surface area (Å²) in [5.41, 5.74) is 0.774. The van der Waals surface area contributed by atoms with Gasteiger partial charge in [0.05, 0.1) is 7.11 Å². The van der Waals surface area contributed by atoms with Gasteiger partial charge in [-0.25, -0.2) is 0 Å². The molecule has 2 N–H and O–H groups in total. The van der Waals surface area contributed by atoms with Gasteiger partial charge in [0.2, 0.25) is 0 Å². The van der Waals surface area contributed by atoms with Crippen LogP contribution in [0.1, 0.15) is 25.3 Å². The normalized spacial score (nSPS) is 22.7. The van der Waals surface area contributed by atoms with Crippen LogP contribution in [0, 0.1) is 0 Å². The van der Waals surface area contributed by atoms with E-state index in [2.05, 4.69) is 12.2 Å². The highest BCUT2D eigenvalue weighted by atomic mass is 35.5. The van der Waals surface area contributed by atoms with Crippen LogP contribution in [-0.4, -0.2) is 29.3 Å². The number of phenolic OH excluding ortho intramolecular Hbond substituents is 1. The molecule has 1 fully saturated rings. The lowest BCUT2D eigenvalue weighted by Gasteiger charge is -2.23. The molecule has 1 atom stereocenters. The van der Waals surface area contributed by atoms with E-state index in [9.17, 15) is 5.11 Å². The fourth-order valence-corrected chi connectivity index (χ4v) is 3.86. The second kappa shape index (κ2) is 6.25. The van der Waals surface area contributed by atoms with Gasteiger partial charge in [-0.1, -0.05) is 11.6 Å². The SMILES string of the molecule is COc1cc(Cl)cc(CNCC2(C)CCCS2)c1O. The summed E-state index contributed by atoms with van der Waals surface area (Å²) in [5, 5.41) is 14.0. The first-order valence-corrected chi connectivity index (χ1v) is 7.80. The Bertz CT molecular complexity index is 447. The first-order valence-electron chi connectivity index (χ1n) is 6.44. The Morgan fingerprint density at radius 2 is 2.32 bits per heavy atom. The zero-order chi connectivity index (χ0) is 13.9. The molecule has 2 rings (SSSR count). The topological polar surface area (TPSA) is 41.5 Å². The zero-order valence-electron chi connectivity index (χ0n) is 11.3. The smallest absolute Gasteiger partial charge is 0.162 e. The summed E-state index contributed by atoms with van der Waals surface area (Å²) >= 11 is 8.03. The summed E-state index contributed by atoms with van der Waals surface area (Å²) in [6.45, 7) is 3.82. The molecule has 3 nitrogen and oxygen atoms in total. The highest BCUT2D eigenvalue weighted by Crippen LogP contribution is 2.37. The van der Waals surface area contributed by atoms with Gasteiger partial charge in [-0.05, 0) is 31.6 Å². The monoisotopic (exact) mass is 301 g/mol. The minimum atomic E-state index is 0.170. The Morgan fingerprint density at radius 3 is 2.95 bits per heavy atom. The molecule has 1 aliphatic rings. The predicted octanol–water partition coefficient (Wildman–Crippen LogP) is 3.43. The van der Waals surface area contributed by atoms with Crippen molar-refractivity contribution in [3.05, 3.63) is 22.7 Å². The molecule has 1 unspecified atom stereocenters. The maximum absolute atomic E-state index is 10.0. The lowest BCUT2D eigenvalue weighted by molar-refractivity contribution is 0.369. The fraction of sp³-hybridized carbons (Fsp3) is 0.571. The third-order valence-electron chi connectivity index (χ3n) is 3.45. The number of halogens is 1. The van der Waals surface area contributed by atoms with Crippen LogP contribution in [-0.2, 0) is 6.54 Å². The molecule has 5 heteroatoms. The quantitative estimate of drug-likeness (QED) is 0.874. The summed E-state index contributed by atoms with van der Waals surface area (Å²) in [7, 11) is 1.53. The fourth-order valence-electron chi connectivity index (χ4n) is 2.36. The average Bonchev–Trinajstić information content (AvgIpc) is 2.80. The van der Waals surface area contributed by atoms with Crippen LogP contribution in [0.15, 0.2) is 12.1 Å². The summed E-state index contributed by atoms with van der Waals surface area (Å²) in [6, 6.07) is 3.39. The molecule has 0 aliphatic carbocycles. The number of ether oxygens (including phenoxy) is 1. The second-order valence-corrected chi connectivity index (χ2v) is 7.24. The van der Waals surface area contributed by atoms with Crippen molar-refractivity contribution in [3.8, 4) is 11.5 Å². The van der Waals surface area contributed by atoms with Gasteiger partial charge in [-0.3, -0.25) is 0 Å². The lowest BCUT2D eigenvalue weighted by Crippen LogP contribution is -2.32. The number of hydrogen-bond acceptors (Lipinski definition) is 4. The van der Waals surface area contributed by atoms with Crippen molar-refractivity contribution >= 4 is 23.4 Å². The largest absolute Gasteiger partial charge is 0.504 e. The first-order chi connectivity index (χ1) is 9.04.